The van der Waals surface area contributed by atoms with Crippen LogP contribution in [-0.2, 0) is 0 Å². The molecule has 0 atom stereocenters. The lowest BCUT2D eigenvalue weighted by Gasteiger charge is -2.08. The van der Waals surface area contributed by atoms with E-state index in [4.69, 9.17) is 9.47 Å². The van der Waals surface area contributed by atoms with Crippen LogP contribution in [0.2, 0.25) is 0 Å². The minimum absolute atomic E-state index is 0.854. The van der Waals surface area contributed by atoms with Gasteiger partial charge in [0.1, 0.15) is 11.5 Å². The molecule has 0 bridgehead atoms. The fraction of sp³-hybridized carbons (Fsp3) is 0.167. The fourth-order valence-electron chi connectivity index (χ4n) is 1.59. The molecule has 0 unspecified atom stereocenters. The third kappa shape index (κ3) is 1.79. The molecular weight excluding hydrogens is 256 g/mol. The molecule has 2 aromatic carbocycles. The van der Waals surface area contributed by atoms with Gasteiger partial charge in [-0.25, -0.2) is 0 Å². The molecule has 0 saturated carbocycles. The van der Waals surface area contributed by atoms with E-state index in [9.17, 15) is 0 Å². The predicted molar refractivity (Wildman–Crippen MR) is 64.8 cm³/mol. The highest BCUT2D eigenvalue weighted by Crippen LogP contribution is 2.34. The zero-order valence-electron chi connectivity index (χ0n) is 8.58. The van der Waals surface area contributed by atoms with Gasteiger partial charge < -0.3 is 9.47 Å². The van der Waals surface area contributed by atoms with E-state index in [1.165, 1.54) is 0 Å². The van der Waals surface area contributed by atoms with E-state index in [0.29, 0.717) is 0 Å². The first-order chi connectivity index (χ1) is 7.26. The van der Waals surface area contributed by atoms with Gasteiger partial charge in [0.25, 0.3) is 0 Å². The maximum atomic E-state index is 5.34. The topological polar surface area (TPSA) is 18.5 Å². The summed E-state index contributed by atoms with van der Waals surface area (Å²) in [6, 6.07) is 9.92. The van der Waals surface area contributed by atoms with Crippen molar-refractivity contribution >= 4 is 26.7 Å². The normalized spacial score (nSPS) is 10.3. The maximum Gasteiger partial charge on any atom is 0.140 e. The van der Waals surface area contributed by atoms with Gasteiger partial charge in [0.2, 0.25) is 0 Å². The zero-order chi connectivity index (χ0) is 10.8. The van der Waals surface area contributed by atoms with Gasteiger partial charge in [0.15, 0.2) is 0 Å². The molecule has 3 heteroatoms. The molecule has 2 rings (SSSR count). The van der Waals surface area contributed by atoms with Gasteiger partial charge in [-0.1, -0.05) is 6.07 Å². The molecule has 0 saturated heterocycles. The second kappa shape index (κ2) is 4.11. The highest BCUT2D eigenvalue weighted by atomic mass is 79.9. The van der Waals surface area contributed by atoms with E-state index in [2.05, 4.69) is 15.9 Å². The summed E-state index contributed by atoms with van der Waals surface area (Å²) in [7, 11) is 3.33. The molecule has 0 N–H and O–H groups in total. The van der Waals surface area contributed by atoms with Gasteiger partial charge in [-0.3, -0.25) is 0 Å². The summed E-state index contributed by atoms with van der Waals surface area (Å²) in [5, 5.41) is 2.18. The number of halogens is 1. The van der Waals surface area contributed by atoms with Crippen molar-refractivity contribution in [3.63, 3.8) is 0 Å². The molecule has 0 amide bonds. The molecule has 0 radical (unpaired) electrons. The highest BCUT2D eigenvalue weighted by molar-refractivity contribution is 9.10. The van der Waals surface area contributed by atoms with Crippen molar-refractivity contribution in [2.45, 2.75) is 0 Å². The number of benzene rings is 2. The average molecular weight is 267 g/mol. The van der Waals surface area contributed by atoms with Crippen LogP contribution in [0.4, 0.5) is 0 Å². The Labute approximate surface area is 96.9 Å². The van der Waals surface area contributed by atoms with E-state index in [1.54, 1.807) is 14.2 Å². The lowest BCUT2D eigenvalue weighted by molar-refractivity contribution is 0.413. The standard InChI is InChI=1S/C12H11BrO2/c1-14-9-4-5-10-8(7-9)3-6-11(13)12(10)15-2/h3-7H,1-2H3. The Kier molecular flexibility index (Phi) is 2.82. The highest BCUT2D eigenvalue weighted by Gasteiger charge is 2.06. The maximum absolute atomic E-state index is 5.34. The van der Waals surface area contributed by atoms with Crippen LogP contribution in [0.15, 0.2) is 34.8 Å². The van der Waals surface area contributed by atoms with Gasteiger partial charge >= 0.3 is 0 Å². The van der Waals surface area contributed by atoms with Crippen molar-refractivity contribution in [1.82, 2.24) is 0 Å². The molecule has 0 fully saturated rings. The van der Waals surface area contributed by atoms with Crippen molar-refractivity contribution < 1.29 is 9.47 Å². The Hall–Kier alpha value is -1.22. The summed E-state index contributed by atoms with van der Waals surface area (Å²) in [6.45, 7) is 0. The average Bonchev–Trinajstić information content (AvgIpc) is 2.28. The fourth-order valence-corrected chi connectivity index (χ4v) is 2.09. The lowest BCUT2D eigenvalue weighted by Crippen LogP contribution is -1.88. The number of ether oxygens (including phenoxy) is 2. The number of hydrogen-bond donors (Lipinski definition) is 0. The molecule has 0 aliphatic rings. The van der Waals surface area contributed by atoms with Crippen LogP contribution in [0.3, 0.4) is 0 Å². The van der Waals surface area contributed by atoms with Crippen LogP contribution < -0.4 is 9.47 Å². The molecule has 0 aromatic heterocycles. The van der Waals surface area contributed by atoms with Gasteiger partial charge in [-0.05, 0) is 45.6 Å². The second-order valence-electron chi connectivity index (χ2n) is 3.17. The molecule has 0 aliphatic heterocycles. The van der Waals surface area contributed by atoms with Crippen LogP contribution >= 0.6 is 15.9 Å². The van der Waals surface area contributed by atoms with Crippen molar-refractivity contribution in [1.29, 1.82) is 0 Å². The number of hydrogen-bond acceptors (Lipinski definition) is 2. The smallest absolute Gasteiger partial charge is 0.140 e. The van der Waals surface area contributed by atoms with Gasteiger partial charge in [0.05, 0.1) is 18.7 Å². The van der Waals surface area contributed by atoms with E-state index in [1.807, 2.05) is 30.3 Å². The Morgan fingerprint density at radius 1 is 1.00 bits per heavy atom. The van der Waals surface area contributed by atoms with Gasteiger partial charge in [-0.15, -0.1) is 0 Å². The molecule has 2 nitrogen and oxygen atoms in total. The molecule has 15 heavy (non-hydrogen) atoms. The molecule has 0 aliphatic carbocycles. The third-order valence-corrected chi connectivity index (χ3v) is 2.96. The Balaban J connectivity index is 2.72. The zero-order valence-corrected chi connectivity index (χ0v) is 10.2. The molecule has 78 valence electrons. The number of rotatable bonds is 2. The van der Waals surface area contributed by atoms with E-state index >= 15 is 0 Å². The summed E-state index contributed by atoms with van der Waals surface area (Å²) >= 11 is 3.46. The van der Waals surface area contributed by atoms with E-state index < -0.39 is 0 Å². The van der Waals surface area contributed by atoms with Crippen molar-refractivity contribution in [2.24, 2.45) is 0 Å². The van der Waals surface area contributed by atoms with Crippen LogP contribution in [0.1, 0.15) is 0 Å². The van der Waals surface area contributed by atoms with Crippen molar-refractivity contribution in [3.05, 3.63) is 34.8 Å². The second-order valence-corrected chi connectivity index (χ2v) is 4.02. The quantitative estimate of drug-likeness (QED) is 0.827. The largest absolute Gasteiger partial charge is 0.497 e. The van der Waals surface area contributed by atoms with Crippen LogP contribution in [0.25, 0.3) is 10.8 Å². The summed E-state index contributed by atoms with van der Waals surface area (Å²) < 4.78 is 11.5. The summed E-state index contributed by atoms with van der Waals surface area (Å²) in [5.74, 6) is 1.71. The Morgan fingerprint density at radius 3 is 2.47 bits per heavy atom. The first kappa shape index (κ1) is 10.3. The minimum atomic E-state index is 0.854. The van der Waals surface area contributed by atoms with Gasteiger partial charge in [0, 0.05) is 5.39 Å². The van der Waals surface area contributed by atoms with Crippen LogP contribution in [-0.4, -0.2) is 14.2 Å². The van der Waals surface area contributed by atoms with Gasteiger partial charge in [-0.2, -0.15) is 0 Å². The predicted octanol–water partition coefficient (Wildman–Crippen LogP) is 3.62. The first-order valence-electron chi connectivity index (χ1n) is 4.56. The van der Waals surface area contributed by atoms with Crippen molar-refractivity contribution in [3.8, 4) is 11.5 Å². The number of methoxy groups -OCH3 is 2. The summed E-state index contributed by atoms with van der Waals surface area (Å²) in [5.41, 5.74) is 0. The Bertz CT molecular complexity index is 494. The number of fused-ring (bicyclic) bond motifs is 1. The van der Waals surface area contributed by atoms with E-state index in [-0.39, 0.29) is 0 Å². The summed E-state index contributed by atoms with van der Waals surface area (Å²) in [6.07, 6.45) is 0. The third-order valence-electron chi connectivity index (χ3n) is 2.33. The SMILES string of the molecule is COc1ccc2c(OC)c(Br)ccc2c1. The van der Waals surface area contributed by atoms with E-state index in [0.717, 1.165) is 26.7 Å². The summed E-state index contributed by atoms with van der Waals surface area (Å²) in [4.78, 5) is 0. The molecule has 2 aromatic rings. The Morgan fingerprint density at radius 2 is 1.80 bits per heavy atom. The van der Waals surface area contributed by atoms with Crippen molar-refractivity contribution in [2.75, 3.05) is 14.2 Å². The monoisotopic (exact) mass is 266 g/mol. The molecule has 0 heterocycles. The molecule has 0 spiro atoms. The first-order valence-corrected chi connectivity index (χ1v) is 5.36. The lowest BCUT2D eigenvalue weighted by atomic mass is 10.1. The van der Waals surface area contributed by atoms with Crippen LogP contribution in [0, 0.1) is 0 Å². The minimum Gasteiger partial charge on any atom is -0.497 e. The molecular formula is C12H11BrO2. The van der Waals surface area contributed by atoms with Crippen LogP contribution in [0.5, 0.6) is 11.5 Å².